The van der Waals surface area contributed by atoms with Gasteiger partial charge in [-0.3, -0.25) is 9.89 Å². The molecule has 1 aromatic heterocycles. The van der Waals surface area contributed by atoms with Crippen LogP contribution in [0.2, 0.25) is 0 Å². The SMILES string of the molecule is CNC(=O)c1n[nH]c2ccc(NCc3cc(F)ccc3OC3CCOCC3)cc12. The highest BCUT2D eigenvalue weighted by Crippen LogP contribution is 2.26. The van der Waals surface area contributed by atoms with Crippen LogP contribution in [0.3, 0.4) is 0 Å². The van der Waals surface area contributed by atoms with Crippen molar-refractivity contribution < 1.29 is 18.7 Å². The summed E-state index contributed by atoms with van der Waals surface area (Å²) in [4.78, 5) is 12.0. The lowest BCUT2D eigenvalue weighted by Gasteiger charge is -2.24. The van der Waals surface area contributed by atoms with E-state index in [2.05, 4.69) is 20.8 Å². The van der Waals surface area contributed by atoms with E-state index in [4.69, 9.17) is 9.47 Å². The number of rotatable bonds is 6. The molecule has 4 rings (SSSR count). The summed E-state index contributed by atoms with van der Waals surface area (Å²) in [5, 5.41) is 13.5. The summed E-state index contributed by atoms with van der Waals surface area (Å²) < 4.78 is 25.3. The highest BCUT2D eigenvalue weighted by Gasteiger charge is 2.17. The zero-order valence-corrected chi connectivity index (χ0v) is 16.1. The largest absolute Gasteiger partial charge is 0.490 e. The Morgan fingerprint density at radius 3 is 2.90 bits per heavy atom. The van der Waals surface area contributed by atoms with E-state index in [0.29, 0.717) is 36.6 Å². The van der Waals surface area contributed by atoms with E-state index in [1.807, 2.05) is 18.2 Å². The first-order chi connectivity index (χ1) is 14.1. The number of nitrogens with zero attached hydrogens (tertiary/aromatic N) is 1. The van der Waals surface area contributed by atoms with Crippen LogP contribution in [0.1, 0.15) is 28.9 Å². The number of benzene rings is 2. The molecule has 0 saturated carbocycles. The first-order valence-electron chi connectivity index (χ1n) is 9.61. The van der Waals surface area contributed by atoms with Gasteiger partial charge in [0.2, 0.25) is 0 Å². The molecule has 0 spiro atoms. The van der Waals surface area contributed by atoms with Gasteiger partial charge in [0, 0.05) is 43.1 Å². The predicted molar refractivity (Wildman–Crippen MR) is 108 cm³/mol. The van der Waals surface area contributed by atoms with Gasteiger partial charge in [-0.2, -0.15) is 5.10 Å². The summed E-state index contributed by atoms with van der Waals surface area (Å²) in [7, 11) is 1.56. The molecule has 0 unspecified atom stereocenters. The Kier molecular flexibility index (Phi) is 5.62. The zero-order chi connectivity index (χ0) is 20.2. The van der Waals surface area contributed by atoms with Gasteiger partial charge in [0.15, 0.2) is 5.69 Å². The van der Waals surface area contributed by atoms with E-state index in [0.717, 1.165) is 29.6 Å². The number of nitrogens with one attached hydrogen (secondary N) is 3. The molecular formula is C21H23FN4O3. The quantitative estimate of drug-likeness (QED) is 0.593. The van der Waals surface area contributed by atoms with Gasteiger partial charge in [0.1, 0.15) is 17.7 Å². The Bertz CT molecular complexity index is 1010. The van der Waals surface area contributed by atoms with Gasteiger partial charge in [0.05, 0.1) is 18.7 Å². The maximum absolute atomic E-state index is 13.8. The van der Waals surface area contributed by atoms with Crippen molar-refractivity contribution >= 4 is 22.5 Å². The molecule has 7 nitrogen and oxygen atoms in total. The smallest absolute Gasteiger partial charge is 0.272 e. The topological polar surface area (TPSA) is 88.3 Å². The summed E-state index contributed by atoms with van der Waals surface area (Å²) >= 11 is 0. The summed E-state index contributed by atoms with van der Waals surface area (Å²) in [6.07, 6.45) is 1.72. The number of aromatic amines is 1. The normalized spacial score (nSPS) is 14.7. The fourth-order valence-electron chi connectivity index (χ4n) is 3.39. The van der Waals surface area contributed by atoms with Crippen LogP contribution < -0.4 is 15.4 Å². The van der Waals surface area contributed by atoms with E-state index >= 15 is 0 Å². The minimum Gasteiger partial charge on any atom is -0.490 e. The fraction of sp³-hybridized carbons (Fsp3) is 0.333. The van der Waals surface area contributed by atoms with Gasteiger partial charge in [-0.05, 0) is 36.4 Å². The van der Waals surface area contributed by atoms with E-state index in [1.165, 1.54) is 12.1 Å². The first-order valence-corrected chi connectivity index (χ1v) is 9.61. The van der Waals surface area contributed by atoms with Crippen molar-refractivity contribution in [2.75, 3.05) is 25.6 Å². The van der Waals surface area contributed by atoms with Crippen molar-refractivity contribution in [3.8, 4) is 5.75 Å². The van der Waals surface area contributed by atoms with Crippen molar-refractivity contribution in [3.05, 3.63) is 53.5 Å². The fourth-order valence-corrected chi connectivity index (χ4v) is 3.39. The molecule has 0 atom stereocenters. The van der Waals surface area contributed by atoms with Crippen LogP contribution in [-0.2, 0) is 11.3 Å². The third-order valence-corrected chi connectivity index (χ3v) is 4.97. The van der Waals surface area contributed by atoms with E-state index < -0.39 is 0 Å². The molecule has 152 valence electrons. The van der Waals surface area contributed by atoms with Crippen LogP contribution >= 0.6 is 0 Å². The molecule has 0 bridgehead atoms. The number of carbonyl (C=O) groups excluding carboxylic acids is 1. The number of hydrogen-bond acceptors (Lipinski definition) is 5. The standard InChI is InChI=1S/C21H23FN4O3/c1-23-21(27)20-17-11-15(3-4-18(17)25-26-20)24-12-13-10-14(22)2-5-19(13)29-16-6-8-28-9-7-16/h2-5,10-11,16,24H,6-9,12H2,1H3,(H,23,27)(H,25,26). The Hall–Kier alpha value is -3.13. The average Bonchev–Trinajstić information content (AvgIpc) is 3.17. The molecule has 8 heteroatoms. The van der Waals surface area contributed by atoms with Crippen LogP contribution in [0, 0.1) is 5.82 Å². The lowest BCUT2D eigenvalue weighted by atomic mass is 10.1. The number of halogens is 1. The predicted octanol–water partition coefficient (Wildman–Crippen LogP) is 3.23. The third-order valence-electron chi connectivity index (χ3n) is 4.97. The first kappa shape index (κ1) is 19.2. The van der Waals surface area contributed by atoms with Gasteiger partial charge >= 0.3 is 0 Å². The minimum absolute atomic E-state index is 0.0744. The second-order valence-electron chi connectivity index (χ2n) is 6.95. The van der Waals surface area contributed by atoms with Crippen molar-refractivity contribution in [1.29, 1.82) is 0 Å². The van der Waals surface area contributed by atoms with Crippen molar-refractivity contribution in [3.63, 3.8) is 0 Å². The van der Waals surface area contributed by atoms with E-state index in [1.54, 1.807) is 13.1 Å². The van der Waals surface area contributed by atoms with Crippen LogP contribution in [-0.4, -0.2) is 42.5 Å². The third kappa shape index (κ3) is 4.32. The molecule has 3 aromatic rings. The van der Waals surface area contributed by atoms with Crippen molar-refractivity contribution in [2.24, 2.45) is 0 Å². The molecule has 1 saturated heterocycles. The summed E-state index contributed by atoms with van der Waals surface area (Å²) in [6, 6.07) is 10.1. The molecule has 2 aromatic carbocycles. The molecule has 1 amide bonds. The number of H-pyrrole nitrogens is 1. The van der Waals surface area contributed by atoms with Gasteiger partial charge in [-0.15, -0.1) is 0 Å². The Morgan fingerprint density at radius 1 is 1.28 bits per heavy atom. The Morgan fingerprint density at radius 2 is 2.10 bits per heavy atom. The summed E-state index contributed by atoms with van der Waals surface area (Å²) in [6.45, 7) is 1.74. The maximum atomic E-state index is 13.8. The van der Waals surface area contributed by atoms with Crippen LogP contribution in [0.4, 0.5) is 10.1 Å². The monoisotopic (exact) mass is 398 g/mol. The van der Waals surface area contributed by atoms with Crippen molar-refractivity contribution in [1.82, 2.24) is 15.5 Å². The molecule has 2 heterocycles. The van der Waals surface area contributed by atoms with Gasteiger partial charge in [-0.1, -0.05) is 0 Å². The Balaban J connectivity index is 1.52. The van der Waals surface area contributed by atoms with Crippen LogP contribution in [0.5, 0.6) is 5.75 Å². The molecule has 1 aliphatic heterocycles. The van der Waals surface area contributed by atoms with Gasteiger partial charge < -0.3 is 20.1 Å². The number of ether oxygens (including phenoxy) is 2. The summed E-state index contributed by atoms with van der Waals surface area (Å²) in [5.41, 5.74) is 2.63. The number of anilines is 1. The molecule has 0 radical (unpaired) electrons. The van der Waals surface area contributed by atoms with Gasteiger partial charge in [0.25, 0.3) is 5.91 Å². The van der Waals surface area contributed by atoms with E-state index in [-0.39, 0.29) is 17.8 Å². The van der Waals surface area contributed by atoms with Crippen LogP contribution in [0.25, 0.3) is 10.9 Å². The zero-order valence-electron chi connectivity index (χ0n) is 16.1. The number of aromatic nitrogens is 2. The summed E-state index contributed by atoms with van der Waals surface area (Å²) in [5.74, 6) is 0.0974. The molecule has 1 aliphatic rings. The lowest BCUT2D eigenvalue weighted by molar-refractivity contribution is 0.0252. The second kappa shape index (κ2) is 8.48. The van der Waals surface area contributed by atoms with E-state index in [9.17, 15) is 9.18 Å². The molecule has 29 heavy (non-hydrogen) atoms. The average molecular weight is 398 g/mol. The minimum atomic E-state index is -0.312. The second-order valence-corrected chi connectivity index (χ2v) is 6.95. The Labute approximate surface area is 167 Å². The molecular weight excluding hydrogens is 375 g/mol. The number of carbonyl (C=O) groups is 1. The molecule has 0 aliphatic carbocycles. The highest BCUT2D eigenvalue weighted by molar-refractivity contribution is 6.05. The molecule has 1 fully saturated rings. The number of amides is 1. The van der Waals surface area contributed by atoms with Gasteiger partial charge in [-0.25, -0.2) is 4.39 Å². The van der Waals surface area contributed by atoms with Crippen molar-refractivity contribution in [2.45, 2.75) is 25.5 Å². The number of fused-ring (bicyclic) bond motifs is 1. The molecule has 3 N–H and O–H groups in total. The maximum Gasteiger partial charge on any atom is 0.272 e. The van der Waals surface area contributed by atoms with Crippen LogP contribution in [0.15, 0.2) is 36.4 Å². The lowest BCUT2D eigenvalue weighted by Crippen LogP contribution is -2.26. The number of hydrogen-bond donors (Lipinski definition) is 3. The highest BCUT2D eigenvalue weighted by atomic mass is 19.1.